The van der Waals surface area contributed by atoms with E-state index in [9.17, 15) is 4.79 Å². The van der Waals surface area contributed by atoms with Gasteiger partial charge in [0.2, 0.25) is 0 Å². The molecule has 0 spiro atoms. The highest BCUT2D eigenvalue weighted by Gasteiger charge is 2.18. The number of rotatable bonds is 4. The first-order chi connectivity index (χ1) is 10.3. The van der Waals surface area contributed by atoms with Gasteiger partial charge in [-0.15, -0.1) is 0 Å². The molecule has 0 saturated carbocycles. The van der Waals surface area contributed by atoms with Crippen molar-refractivity contribution in [2.45, 2.75) is 6.42 Å². The van der Waals surface area contributed by atoms with Crippen molar-refractivity contribution < 1.29 is 4.79 Å². The number of nitrogen functional groups attached to an aromatic ring is 1. The van der Waals surface area contributed by atoms with E-state index < -0.39 is 0 Å². The van der Waals surface area contributed by atoms with Crippen LogP contribution in [0.1, 0.15) is 16.8 Å². The molecule has 5 nitrogen and oxygen atoms in total. The lowest BCUT2D eigenvalue weighted by Gasteiger charge is -2.12. The Kier molecular flexibility index (Phi) is 4.26. The first-order valence-electron chi connectivity index (χ1n) is 7.00. The normalized spacial score (nSPS) is 17.9. The van der Waals surface area contributed by atoms with Crippen LogP contribution in [-0.4, -0.2) is 28.9 Å². The number of fused-ring (bicyclic) bond motifs is 1. The van der Waals surface area contributed by atoms with Gasteiger partial charge >= 0.3 is 0 Å². The van der Waals surface area contributed by atoms with Crippen molar-refractivity contribution in [2.75, 3.05) is 23.5 Å². The minimum absolute atomic E-state index is 0.0676. The Morgan fingerprint density at radius 2 is 2.29 bits per heavy atom. The molecule has 1 unspecified atom stereocenters. The van der Waals surface area contributed by atoms with Gasteiger partial charge in [-0.3, -0.25) is 4.79 Å². The molecule has 4 N–H and O–H groups in total. The van der Waals surface area contributed by atoms with Crippen LogP contribution in [0.15, 0.2) is 30.3 Å². The van der Waals surface area contributed by atoms with Crippen LogP contribution < -0.4 is 16.6 Å². The van der Waals surface area contributed by atoms with E-state index in [2.05, 4.69) is 15.7 Å². The summed E-state index contributed by atoms with van der Waals surface area (Å²) in [6.45, 7) is 0.730. The minimum Gasteiger partial charge on any atom is -0.352 e. The van der Waals surface area contributed by atoms with Crippen molar-refractivity contribution in [1.82, 2.24) is 10.3 Å². The summed E-state index contributed by atoms with van der Waals surface area (Å²) in [7, 11) is 0. The van der Waals surface area contributed by atoms with E-state index in [4.69, 9.17) is 5.84 Å². The Hall–Kier alpha value is -1.79. The fourth-order valence-corrected chi connectivity index (χ4v) is 3.80. The SMILES string of the molecule is NNc1cc(C(=O)NCC2CCSC2)c2ccccc2n1. The summed E-state index contributed by atoms with van der Waals surface area (Å²) in [5.41, 5.74) is 3.89. The van der Waals surface area contributed by atoms with Crippen molar-refractivity contribution in [2.24, 2.45) is 11.8 Å². The molecule has 1 aliphatic rings. The van der Waals surface area contributed by atoms with Gasteiger partial charge in [0.15, 0.2) is 0 Å². The molecule has 1 aromatic carbocycles. The molecule has 0 radical (unpaired) electrons. The minimum atomic E-state index is -0.0676. The number of anilines is 1. The number of thioether (sulfide) groups is 1. The fourth-order valence-electron chi connectivity index (χ4n) is 2.51. The summed E-state index contributed by atoms with van der Waals surface area (Å²) in [5, 5.41) is 3.88. The van der Waals surface area contributed by atoms with Gasteiger partial charge in [-0.1, -0.05) is 18.2 Å². The van der Waals surface area contributed by atoms with Crippen LogP contribution in [0, 0.1) is 5.92 Å². The number of hydrogen-bond acceptors (Lipinski definition) is 5. The number of hydrazine groups is 1. The highest BCUT2D eigenvalue weighted by molar-refractivity contribution is 7.99. The second-order valence-corrected chi connectivity index (χ2v) is 6.31. The van der Waals surface area contributed by atoms with E-state index >= 15 is 0 Å². The number of carbonyl (C=O) groups is 1. The Bertz CT molecular complexity index is 655. The van der Waals surface area contributed by atoms with E-state index in [1.807, 2.05) is 36.0 Å². The van der Waals surface area contributed by atoms with Crippen LogP contribution >= 0.6 is 11.8 Å². The third kappa shape index (κ3) is 3.11. The fraction of sp³-hybridized carbons (Fsp3) is 0.333. The zero-order chi connectivity index (χ0) is 14.7. The number of nitrogens with one attached hydrogen (secondary N) is 2. The maximum absolute atomic E-state index is 12.5. The van der Waals surface area contributed by atoms with Gasteiger partial charge in [0.1, 0.15) is 5.82 Å². The highest BCUT2D eigenvalue weighted by atomic mass is 32.2. The van der Waals surface area contributed by atoms with Crippen molar-refractivity contribution in [1.29, 1.82) is 0 Å². The molecule has 0 bridgehead atoms. The average molecular weight is 302 g/mol. The van der Waals surface area contributed by atoms with Gasteiger partial charge in [-0.05, 0) is 36.0 Å². The molecule has 1 aliphatic heterocycles. The summed E-state index contributed by atoms with van der Waals surface area (Å²) in [6, 6.07) is 9.28. The van der Waals surface area contributed by atoms with Crippen LogP contribution in [0.5, 0.6) is 0 Å². The number of nitrogens with two attached hydrogens (primary N) is 1. The Morgan fingerprint density at radius 1 is 1.43 bits per heavy atom. The van der Waals surface area contributed by atoms with Crippen LogP contribution in [0.4, 0.5) is 5.82 Å². The molecule has 1 fully saturated rings. The molecule has 1 amide bonds. The second kappa shape index (κ2) is 6.32. The molecule has 1 atom stereocenters. The highest BCUT2D eigenvalue weighted by Crippen LogP contribution is 2.23. The topological polar surface area (TPSA) is 80.0 Å². The monoisotopic (exact) mass is 302 g/mol. The Labute approximate surface area is 127 Å². The zero-order valence-corrected chi connectivity index (χ0v) is 12.5. The molecular formula is C15H18N4OS. The number of nitrogens with zero attached hydrogens (tertiary/aromatic N) is 1. The predicted molar refractivity (Wildman–Crippen MR) is 87.3 cm³/mol. The van der Waals surface area contributed by atoms with E-state index in [0.29, 0.717) is 17.3 Å². The second-order valence-electron chi connectivity index (χ2n) is 5.16. The van der Waals surface area contributed by atoms with Crippen LogP contribution in [0.25, 0.3) is 10.9 Å². The van der Waals surface area contributed by atoms with Crippen molar-refractivity contribution in [3.05, 3.63) is 35.9 Å². The zero-order valence-electron chi connectivity index (χ0n) is 11.6. The molecule has 2 heterocycles. The van der Waals surface area contributed by atoms with Gasteiger partial charge in [-0.25, -0.2) is 10.8 Å². The largest absolute Gasteiger partial charge is 0.352 e. The number of amides is 1. The number of pyridine rings is 1. The molecule has 2 aromatic rings. The summed E-state index contributed by atoms with van der Waals surface area (Å²) >= 11 is 1.95. The average Bonchev–Trinajstić information content (AvgIpc) is 3.05. The summed E-state index contributed by atoms with van der Waals surface area (Å²) in [6.07, 6.45) is 1.18. The standard InChI is InChI=1S/C15H18N4OS/c16-19-14-7-12(11-3-1-2-4-13(11)18-14)15(20)17-8-10-5-6-21-9-10/h1-4,7,10H,5-6,8-9,16H2,(H,17,20)(H,18,19). The predicted octanol–water partition coefficient (Wildman–Crippen LogP) is 2.00. The molecule has 110 valence electrons. The molecule has 1 saturated heterocycles. The van der Waals surface area contributed by atoms with Crippen LogP contribution in [0.3, 0.4) is 0 Å². The summed E-state index contributed by atoms with van der Waals surface area (Å²) in [5.74, 6) is 8.77. The van der Waals surface area contributed by atoms with Gasteiger partial charge < -0.3 is 10.7 Å². The van der Waals surface area contributed by atoms with E-state index in [-0.39, 0.29) is 5.91 Å². The quantitative estimate of drug-likeness (QED) is 0.594. The summed E-state index contributed by atoms with van der Waals surface area (Å²) in [4.78, 5) is 16.8. The van der Waals surface area contributed by atoms with Crippen LogP contribution in [-0.2, 0) is 0 Å². The van der Waals surface area contributed by atoms with Crippen molar-refractivity contribution >= 4 is 34.4 Å². The molecule has 21 heavy (non-hydrogen) atoms. The van der Waals surface area contributed by atoms with Gasteiger partial charge in [0, 0.05) is 11.9 Å². The molecule has 3 rings (SSSR count). The molecule has 1 aromatic heterocycles. The van der Waals surface area contributed by atoms with E-state index in [0.717, 1.165) is 23.2 Å². The van der Waals surface area contributed by atoms with E-state index in [1.54, 1.807) is 6.07 Å². The number of benzene rings is 1. The molecule has 0 aliphatic carbocycles. The first kappa shape index (κ1) is 14.2. The lowest BCUT2D eigenvalue weighted by atomic mass is 10.1. The molecule has 6 heteroatoms. The van der Waals surface area contributed by atoms with Gasteiger partial charge in [0.25, 0.3) is 5.91 Å². The summed E-state index contributed by atoms with van der Waals surface area (Å²) < 4.78 is 0. The first-order valence-corrected chi connectivity index (χ1v) is 8.16. The lowest BCUT2D eigenvalue weighted by molar-refractivity contribution is 0.0950. The number of aromatic nitrogens is 1. The third-order valence-corrected chi connectivity index (χ3v) is 4.92. The number of para-hydroxylation sites is 1. The Morgan fingerprint density at radius 3 is 3.05 bits per heavy atom. The number of hydrogen-bond donors (Lipinski definition) is 3. The maximum atomic E-state index is 12.5. The maximum Gasteiger partial charge on any atom is 0.252 e. The molecular weight excluding hydrogens is 284 g/mol. The van der Waals surface area contributed by atoms with E-state index in [1.165, 1.54) is 12.2 Å². The lowest BCUT2D eigenvalue weighted by Crippen LogP contribution is -2.29. The van der Waals surface area contributed by atoms with Gasteiger partial charge in [0.05, 0.1) is 11.1 Å². The third-order valence-electron chi connectivity index (χ3n) is 3.68. The van der Waals surface area contributed by atoms with Crippen molar-refractivity contribution in [3.63, 3.8) is 0 Å². The Balaban J connectivity index is 1.85. The van der Waals surface area contributed by atoms with Crippen LogP contribution in [0.2, 0.25) is 0 Å². The number of carbonyl (C=O) groups excluding carboxylic acids is 1. The smallest absolute Gasteiger partial charge is 0.252 e. The van der Waals surface area contributed by atoms with Crippen molar-refractivity contribution in [3.8, 4) is 0 Å². The van der Waals surface area contributed by atoms with Gasteiger partial charge in [-0.2, -0.15) is 11.8 Å².